The molecule has 154 valence electrons. The molecule has 1 aliphatic rings. The molecule has 0 saturated carbocycles. The molecule has 1 aliphatic heterocycles. The van der Waals surface area contributed by atoms with E-state index in [4.69, 9.17) is 9.47 Å². The van der Waals surface area contributed by atoms with Gasteiger partial charge >= 0.3 is 5.97 Å². The van der Waals surface area contributed by atoms with Crippen LogP contribution in [-0.4, -0.2) is 30.7 Å². The second-order valence-electron chi connectivity index (χ2n) is 6.32. The summed E-state index contributed by atoms with van der Waals surface area (Å²) in [6, 6.07) is 8.97. The van der Waals surface area contributed by atoms with Gasteiger partial charge in [0.15, 0.2) is 11.5 Å². The Hall–Kier alpha value is -3.46. The van der Waals surface area contributed by atoms with Crippen molar-refractivity contribution >= 4 is 51.3 Å². The Morgan fingerprint density at radius 1 is 1.20 bits per heavy atom. The highest BCUT2D eigenvalue weighted by atomic mass is 79.9. The Labute approximate surface area is 180 Å². The largest absolute Gasteiger partial charge is 0.545 e. The molecule has 0 unspecified atom stereocenters. The molecular formula is C21H16BrN2O6-. The van der Waals surface area contributed by atoms with E-state index < -0.39 is 17.8 Å². The van der Waals surface area contributed by atoms with E-state index in [1.807, 2.05) is 0 Å². The van der Waals surface area contributed by atoms with Gasteiger partial charge in [0.1, 0.15) is 0 Å². The Bertz CT molecular complexity index is 1120. The summed E-state index contributed by atoms with van der Waals surface area (Å²) in [6.45, 7) is 2.95. The lowest BCUT2D eigenvalue weighted by Gasteiger charge is -2.14. The minimum absolute atomic E-state index is 0.0564. The molecule has 0 spiro atoms. The minimum atomic E-state index is -1.34. The molecule has 1 heterocycles. The van der Waals surface area contributed by atoms with Gasteiger partial charge in [-0.1, -0.05) is 28.1 Å². The summed E-state index contributed by atoms with van der Waals surface area (Å²) in [6.07, 6.45) is 1.62. The Morgan fingerprint density at radius 3 is 2.57 bits per heavy atom. The number of nitrogens with zero attached hydrogens (tertiary/aromatic N) is 2. The number of ether oxygens (including phenoxy) is 2. The van der Waals surface area contributed by atoms with Crippen LogP contribution in [0.25, 0.3) is 6.08 Å². The first-order valence-corrected chi connectivity index (χ1v) is 9.49. The van der Waals surface area contributed by atoms with Gasteiger partial charge in [0.25, 0.3) is 5.91 Å². The zero-order chi connectivity index (χ0) is 22.0. The van der Waals surface area contributed by atoms with E-state index in [0.29, 0.717) is 32.8 Å². The summed E-state index contributed by atoms with van der Waals surface area (Å²) in [5.74, 6) is -1.70. The van der Waals surface area contributed by atoms with Crippen LogP contribution in [0.2, 0.25) is 0 Å². The highest BCUT2D eigenvalue weighted by Gasteiger charge is 2.29. The quantitative estimate of drug-likeness (QED) is 0.376. The summed E-state index contributed by atoms with van der Waals surface area (Å²) in [7, 11) is 1.44. The molecule has 2 aromatic carbocycles. The number of aromatic carboxylic acids is 1. The number of rotatable bonds is 5. The highest BCUT2D eigenvalue weighted by molar-refractivity contribution is 9.10. The first-order chi connectivity index (χ1) is 14.2. The molecule has 0 atom stereocenters. The number of hydrogen-bond donors (Lipinski definition) is 0. The second-order valence-corrected chi connectivity index (χ2v) is 7.17. The van der Waals surface area contributed by atoms with Crippen molar-refractivity contribution in [2.45, 2.75) is 13.8 Å². The molecule has 0 bridgehead atoms. The zero-order valence-corrected chi connectivity index (χ0v) is 17.8. The summed E-state index contributed by atoms with van der Waals surface area (Å²) >= 11 is 3.40. The standard InChI is InChI=1S/C21H17BrN2O6/c1-11-16(8-14-9-18(29-3)19(10-17(14)22)30-12(2)25)20(26)24(23-11)15-6-4-5-13(7-15)21(27)28/h4-10H,1-3H3,(H,27,28)/p-1/b16-8+. The number of esters is 1. The second kappa shape index (κ2) is 8.50. The third-order valence-corrected chi connectivity index (χ3v) is 4.91. The van der Waals surface area contributed by atoms with Gasteiger partial charge in [-0.15, -0.1) is 0 Å². The molecule has 3 rings (SSSR count). The van der Waals surface area contributed by atoms with Crippen LogP contribution in [0.1, 0.15) is 29.8 Å². The molecule has 0 saturated heterocycles. The zero-order valence-electron chi connectivity index (χ0n) is 16.3. The molecule has 0 fully saturated rings. The van der Waals surface area contributed by atoms with Crippen molar-refractivity contribution in [2.75, 3.05) is 12.1 Å². The lowest BCUT2D eigenvalue weighted by molar-refractivity contribution is -0.255. The van der Waals surface area contributed by atoms with Crippen LogP contribution < -0.4 is 19.6 Å². The van der Waals surface area contributed by atoms with E-state index in [2.05, 4.69) is 21.0 Å². The number of hydrazone groups is 1. The van der Waals surface area contributed by atoms with Crippen LogP contribution in [0.4, 0.5) is 5.69 Å². The third kappa shape index (κ3) is 4.25. The monoisotopic (exact) mass is 471 g/mol. The normalized spacial score (nSPS) is 14.7. The van der Waals surface area contributed by atoms with E-state index >= 15 is 0 Å². The Kier molecular flexibility index (Phi) is 6.02. The lowest BCUT2D eigenvalue weighted by Crippen LogP contribution is -2.24. The Morgan fingerprint density at radius 2 is 1.93 bits per heavy atom. The first-order valence-electron chi connectivity index (χ1n) is 8.70. The predicted molar refractivity (Wildman–Crippen MR) is 111 cm³/mol. The fourth-order valence-corrected chi connectivity index (χ4v) is 3.27. The third-order valence-electron chi connectivity index (χ3n) is 4.23. The molecule has 0 aromatic heterocycles. The fourth-order valence-electron chi connectivity index (χ4n) is 2.84. The molecule has 1 amide bonds. The number of amides is 1. The maximum atomic E-state index is 12.9. The summed E-state index contributed by atoms with van der Waals surface area (Å²) in [5, 5.41) is 16.5. The van der Waals surface area contributed by atoms with Crippen molar-refractivity contribution in [3.05, 3.63) is 57.6 Å². The van der Waals surface area contributed by atoms with Gasteiger partial charge in [-0.2, -0.15) is 10.1 Å². The average molecular weight is 472 g/mol. The number of halogens is 1. The van der Waals surface area contributed by atoms with Gasteiger partial charge < -0.3 is 19.4 Å². The smallest absolute Gasteiger partial charge is 0.308 e. The summed E-state index contributed by atoms with van der Waals surface area (Å²) in [4.78, 5) is 35.3. The van der Waals surface area contributed by atoms with Gasteiger partial charge in [-0.25, -0.2) is 0 Å². The van der Waals surface area contributed by atoms with Crippen LogP contribution in [-0.2, 0) is 9.59 Å². The molecule has 8 nitrogen and oxygen atoms in total. The van der Waals surface area contributed by atoms with E-state index in [0.717, 1.165) is 5.01 Å². The van der Waals surface area contributed by atoms with Crippen LogP contribution in [0, 0.1) is 0 Å². The van der Waals surface area contributed by atoms with E-state index in [1.54, 1.807) is 31.2 Å². The lowest BCUT2D eigenvalue weighted by atomic mass is 10.1. The van der Waals surface area contributed by atoms with Crippen molar-refractivity contribution in [1.82, 2.24) is 0 Å². The molecule has 0 aliphatic carbocycles. The number of carboxylic acids is 1. The van der Waals surface area contributed by atoms with Gasteiger partial charge in [-0.05, 0) is 48.4 Å². The molecule has 30 heavy (non-hydrogen) atoms. The van der Waals surface area contributed by atoms with Gasteiger partial charge in [0.2, 0.25) is 0 Å². The van der Waals surface area contributed by atoms with Gasteiger partial charge in [0.05, 0.1) is 30.1 Å². The number of carboxylic acid groups (broad SMARTS) is 1. The Balaban J connectivity index is 1.98. The van der Waals surface area contributed by atoms with E-state index in [1.165, 1.54) is 32.2 Å². The number of carbonyl (C=O) groups is 3. The van der Waals surface area contributed by atoms with E-state index in [-0.39, 0.29) is 11.3 Å². The number of carbonyl (C=O) groups excluding carboxylic acids is 3. The molecular weight excluding hydrogens is 456 g/mol. The van der Waals surface area contributed by atoms with Crippen molar-refractivity contribution in [1.29, 1.82) is 0 Å². The number of methoxy groups -OCH3 is 1. The topological polar surface area (TPSA) is 108 Å². The van der Waals surface area contributed by atoms with Crippen molar-refractivity contribution in [3.8, 4) is 11.5 Å². The minimum Gasteiger partial charge on any atom is -0.545 e. The number of hydrogen-bond acceptors (Lipinski definition) is 7. The summed E-state index contributed by atoms with van der Waals surface area (Å²) in [5.41, 5.74) is 1.63. The number of benzene rings is 2. The molecule has 9 heteroatoms. The van der Waals surface area contributed by atoms with Crippen LogP contribution in [0.3, 0.4) is 0 Å². The van der Waals surface area contributed by atoms with Crippen LogP contribution >= 0.6 is 15.9 Å². The van der Waals surface area contributed by atoms with Crippen molar-refractivity contribution < 1.29 is 29.0 Å². The maximum Gasteiger partial charge on any atom is 0.308 e. The number of anilines is 1. The van der Waals surface area contributed by atoms with Crippen molar-refractivity contribution in [3.63, 3.8) is 0 Å². The molecule has 0 radical (unpaired) electrons. The highest BCUT2D eigenvalue weighted by Crippen LogP contribution is 2.35. The summed E-state index contributed by atoms with van der Waals surface area (Å²) < 4.78 is 11.0. The van der Waals surface area contributed by atoms with Gasteiger partial charge in [-0.3, -0.25) is 9.59 Å². The van der Waals surface area contributed by atoms with Gasteiger partial charge in [0, 0.05) is 11.4 Å². The average Bonchev–Trinajstić information content (AvgIpc) is 2.97. The van der Waals surface area contributed by atoms with Crippen LogP contribution in [0.15, 0.2) is 51.5 Å². The molecule has 0 N–H and O–H groups in total. The SMILES string of the molecule is COc1cc(/C=C2/C(=O)N(c3cccc(C(=O)[O-])c3)N=C2C)c(Br)cc1OC(C)=O. The predicted octanol–water partition coefficient (Wildman–Crippen LogP) is 2.55. The van der Waals surface area contributed by atoms with Crippen molar-refractivity contribution in [2.24, 2.45) is 5.10 Å². The molecule has 2 aromatic rings. The fraction of sp³-hybridized carbons (Fsp3) is 0.143. The van der Waals surface area contributed by atoms with Crippen LogP contribution in [0.5, 0.6) is 11.5 Å². The first kappa shape index (κ1) is 21.3. The van der Waals surface area contributed by atoms with E-state index in [9.17, 15) is 19.5 Å². The maximum absolute atomic E-state index is 12.9.